The van der Waals surface area contributed by atoms with Crippen molar-refractivity contribution in [1.29, 1.82) is 0 Å². The molecule has 0 unspecified atom stereocenters. The molecule has 0 amide bonds. The summed E-state index contributed by atoms with van der Waals surface area (Å²) in [5, 5.41) is 12.3. The Morgan fingerprint density at radius 2 is 1.41 bits per heavy atom. The van der Waals surface area contributed by atoms with E-state index in [2.05, 4.69) is 4.99 Å². The van der Waals surface area contributed by atoms with E-state index >= 15 is 0 Å². The Labute approximate surface area is 158 Å². The molecule has 2 aromatic carbocycles. The summed E-state index contributed by atoms with van der Waals surface area (Å²) in [5.74, 6) is -0.719. The van der Waals surface area contributed by atoms with Crippen LogP contribution < -0.4 is 5.11 Å². The van der Waals surface area contributed by atoms with Crippen LogP contribution in [0.3, 0.4) is 0 Å². The standard InChI is InChI=1S/C22H24F3NO/c1-14(2)17-11-8-12-18(15(3)4)21(17)26-20(22(23,24)25)13-19(27)16-9-6-5-7-10-16/h5-15,27H,1-4H3/p-1/b19-13-,26-20?. The van der Waals surface area contributed by atoms with E-state index in [1.54, 1.807) is 30.3 Å². The van der Waals surface area contributed by atoms with E-state index in [1.807, 2.05) is 33.8 Å². The molecule has 0 aliphatic heterocycles. The maximum Gasteiger partial charge on any atom is 0.433 e. The van der Waals surface area contributed by atoms with Crippen molar-refractivity contribution in [2.45, 2.75) is 45.7 Å². The summed E-state index contributed by atoms with van der Waals surface area (Å²) < 4.78 is 40.9. The quantitative estimate of drug-likeness (QED) is 0.469. The molecule has 2 rings (SSSR count). The molecule has 0 radical (unpaired) electrons. The SMILES string of the molecule is CC(C)c1cccc(C(C)C)c1N=C(/C=C(\[O-])c1ccccc1)C(F)(F)F. The van der Waals surface area contributed by atoms with Crippen molar-refractivity contribution in [2.24, 2.45) is 4.99 Å². The Bertz CT molecular complexity index is 808. The van der Waals surface area contributed by atoms with Gasteiger partial charge >= 0.3 is 6.18 Å². The Morgan fingerprint density at radius 1 is 0.889 bits per heavy atom. The molecule has 0 spiro atoms. The number of hydrogen-bond donors (Lipinski definition) is 0. The van der Waals surface area contributed by atoms with Gasteiger partial charge < -0.3 is 5.11 Å². The lowest BCUT2D eigenvalue weighted by Crippen LogP contribution is -2.22. The van der Waals surface area contributed by atoms with Crippen LogP contribution in [-0.2, 0) is 0 Å². The molecule has 0 saturated heterocycles. The first kappa shape index (κ1) is 20.7. The third-order valence-electron chi connectivity index (χ3n) is 4.19. The largest absolute Gasteiger partial charge is 0.872 e. The van der Waals surface area contributed by atoms with Gasteiger partial charge in [0.05, 0.1) is 5.69 Å². The smallest absolute Gasteiger partial charge is 0.433 e. The van der Waals surface area contributed by atoms with Crippen LogP contribution in [0, 0.1) is 0 Å². The zero-order valence-corrected chi connectivity index (χ0v) is 15.8. The lowest BCUT2D eigenvalue weighted by molar-refractivity contribution is -0.243. The van der Waals surface area contributed by atoms with Gasteiger partial charge in [0.1, 0.15) is 5.71 Å². The van der Waals surface area contributed by atoms with Crippen molar-refractivity contribution >= 4 is 17.2 Å². The molecule has 144 valence electrons. The number of nitrogens with zero attached hydrogens (tertiary/aromatic N) is 1. The zero-order valence-electron chi connectivity index (χ0n) is 15.8. The van der Waals surface area contributed by atoms with Crippen LogP contribution in [-0.4, -0.2) is 11.9 Å². The maximum absolute atomic E-state index is 13.6. The highest BCUT2D eigenvalue weighted by molar-refractivity contribution is 6.05. The summed E-state index contributed by atoms with van der Waals surface area (Å²) in [6, 6.07) is 13.3. The van der Waals surface area contributed by atoms with Gasteiger partial charge in [0, 0.05) is 0 Å². The number of alkyl halides is 3. The normalized spacial score (nSPS) is 13.5. The molecular weight excluding hydrogens is 351 g/mol. The Morgan fingerprint density at radius 3 is 1.85 bits per heavy atom. The van der Waals surface area contributed by atoms with E-state index in [0.29, 0.717) is 11.8 Å². The molecule has 0 heterocycles. The minimum absolute atomic E-state index is 0.00163. The molecule has 2 nitrogen and oxygen atoms in total. The summed E-state index contributed by atoms with van der Waals surface area (Å²) in [6.45, 7) is 7.63. The Hall–Kier alpha value is -2.56. The molecule has 0 atom stereocenters. The highest BCUT2D eigenvalue weighted by Crippen LogP contribution is 2.36. The fraction of sp³-hybridized carbons (Fsp3) is 0.318. The number of allylic oxidation sites excluding steroid dienone is 1. The van der Waals surface area contributed by atoms with Crippen molar-refractivity contribution in [3.05, 3.63) is 71.3 Å². The van der Waals surface area contributed by atoms with Crippen molar-refractivity contribution in [3.63, 3.8) is 0 Å². The summed E-state index contributed by atoms with van der Waals surface area (Å²) in [6.07, 6.45) is -4.15. The lowest BCUT2D eigenvalue weighted by Gasteiger charge is -2.19. The monoisotopic (exact) mass is 374 g/mol. The molecule has 2 aromatic rings. The minimum Gasteiger partial charge on any atom is -0.872 e. The van der Waals surface area contributed by atoms with E-state index < -0.39 is 17.6 Å². The first-order chi connectivity index (χ1) is 12.6. The molecule has 0 aromatic heterocycles. The molecule has 0 aliphatic carbocycles. The second-order valence-corrected chi connectivity index (χ2v) is 6.96. The first-order valence-electron chi connectivity index (χ1n) is 8.84. The summed E-state index contributed by atoms with van der Waals surface area (Å²) >= 11 is 0. The third kappa shape index (κ3) is 5.22. The Balaban J connectivity index is 2.67. The van der Waals surface area contributed by atoms with Gasteiger partial charge in [-0.1, -0.05) is 82.0 Å². The van der Waals surface area contributed by atoms with Crippen LogP contribution in [0.2, 0.25) is 0 Å². The van der Waals surface area contributed by atoms with E-state index in [4.69, 9.17) is 0 Å². The number of aliphatic imine (C=N–C) groups is 1. The van der Waals surface area contributed by atoms with Crippen molar-refractivity contribution in [1.82, 2.24) is 0 Å². The van der Waals surface area contributed by atoms with Gasteiger partial charge in [-0.2, -0.15) is 13.2 Å². The molecule has 0 bridgehead atoms. The van der Waals surface area contributed by atoms with E-state index in [0.717, 1.165) is 11.1 Å². The van der Waals surface area contributed by atoms with Crippen LogP contribution in [0.5, 0.6) is 0 Å². The topological polar surface area (TPSA) is 35.4 Å². The predicted octanol–water partition coefficient (Wildman–Crippen LogP) is 5.97. The average Bonchev–Trinajstić information content (AvgIpc) is 2.60. The first-order valence-corrected chi connectivity index (χ1v) is 8.84. The van der Waals surface area contributed by atoms with Crippen LogP contribution >= 0.6 is 0 Å². The number of halogens is 3. The fourth-order valence-electron chi connectivity index (χ4n) is 2.75. The van der Waals surface area contributed by atoms with E-state index in [-0.39, 0.29) is 17.4 Å². The highest BCUT2D eigenvalue weighted by atomic mass is 19.4. The fourth-order valence-corrected chi connectivity index (χ4v) is 2.75. The van der Waals surface area contributed by atoms with Gasteiger partial charge in [0.15, 0.2) is 0 Å². The summed E-state index contributed by atoms with van der Waals surface area (Å²) in [4.78, 5) is 3.95. The minimum atomic E-state index is -4.73. The van der Waals surface area contributed by atoms with Gasteiger partial charge in [-0.3, -0.25) is 0 Å². The molecule has 27 heavy (non-hydrogen) atoms. The number of hydrogen-bond acceptors (Lipinski definition) is 2. The predicted molar refractivity (Wildman–Crippen MR) is 102 cm³/mol. The van der Waals surface area contributed by atoms with Crippen molar-refractivity contribution < 1.29 is 18.3 Å². The van der Waals surface area contributed by atoms with Crippen LogP contribution in [0.15, 0.2) is 59.6 Å². The lowest BCUT2D eigenvalue weighted by atomic mass is 9.93. The van der Waals surface area contributed by atoms with E-state index in [1.165, 1.54) is 12.1 Å². The number of rotatable bonds is 5. The molecule has 0 aliphatic rings. The van der Waals surface area contributed by atoms with Gasteiger partial charge in [-0.05, 0) is 34.6 Å². The molecule has 0 fully saturated rings. The molecule has 0 N–H and O–H groups in total. The van der Waals surface area contributed by atoms with Crippen LogP contribution in [0.4, 0.5) is 18.9 Å². The second kappa shape index (κ2) is 8.42. The molecule has 5 heteroatoms. The number of benzene rings is 2. The van der Waals surface area contributed by atoms with Gasteiger partial charge in [-0.25, -0.2) is 4.99 Å². The van der Waals surface area contributed by atoms with Crippen LogP contribution in [0.25, 0.3) is 5.76 Å². The second-order valence-electron chi connectivity index (χ2n) is 6.96. The summed E-state index contributed by atoms with van der Waals surface area (Å²) in [5.41, 5.74) is 0.751. The van der Waals surface area contributed by atoms with Crippen molar-refractivity contribution in [2.75, 3.05) is 0 Å². The molecule has 0 saturated carbocycles. The summed E-state index contributed by atoms with van der Waals surface area (Å²) in [7, 11) is 0. The maximum atomic E-state index is 13.6. The van der Waals surface area contributed by atoms with Gasteiger partial charge in [0.2, 0.25) is 0 Å². The highest BCUT2D eigenvalue weighted by Gasteiger charge is 2.34. The number of para-hydroxylation sites is 1. The Kier molecular flexibility index (Phi) is 6.47. The third-order valence-corrected chi connectivity index (χ3v) is 4.19. The van der Waals surface area contributed by atoms with Gasteiger partial charge in [-0.15, -0.1) is 0 Å². The van der Waals surface area contributed by atoms with E-state index in [9.17, 15) is 18.3 Å². The van der Waals surface area contributed by atoms with Crippen LogP contribution in [0.1, 0.15) is 56.2 Å². The zero-order chi connectivity index (χ0) is 20.2. The molecular formula is C22H23F3NO-. The van der Waals surface area contributed by atoms with Crippen molar-refractivity contribution in [3.8, 4) is 0 Å². The van der Waals surface area contributed by atoms with Gasteiger partial charge in [0.25, 0.3) is 0 Å². The average molecular weight is 374 g/mol.